The second kappa shape index (κ2) is 11.4. The molecule has 3 aromatic carbocycles. The van der Waals surface area contributed by atoms with Crippen LogP contribution in [0.4, 0.5) is 5.69 Å². The number of fused-ring (bicyclic) bond motifs is 1. The monoisotopic (exact) mass is 535 g/mol. The average molecular weight is 536 g/mol. The molecule has 0 bridgehead atoms. The smallest absolute Gasteiger partial charge is 0.307 e. The van der Waals surface area contributed by atoms with Gasteiger partial charge >= 0.3 is 5.97 Å². The van der Waals surface area contributed by atoms with Gasteiger partial charge in [0, 0.05) is 41.4 Å². The SMILES string of the molecule is CC(C)(CCn1cc(CC(=O)O)c2ccccc21)NCC(O)c1cccc(NS(=O)(=O)c2ccccc2)c1. The van der Waals surface area contributed by atoms with E-state index in [2.05, 4.69) is 14.6 Å². The van der Waals surface area contributed by atoms with Gasteiger partial charge < -0.3 is 20.1 Å². The highest BCUT2D eigenvalue weighted by molar-refractivity contribution is 7.92. The number of carbonyl (C=O) groups is 1. The summed E-state index contributed by atoms with van der Waals surface area (Å²) in [7, 11) is -3.73. The fourth-order valence-electron chi connectivity index (χ4n) is 4.41. The van der Waals surface area contributed by atoms with Gasteiger partial charge in [-0.05, 0) is 61.7 Å². The van der Waals surface area contributed by atoms with Crippen molar-refractivity contribution in [1.29, 1.82) is 0 Å². The fraction of sp³-hybridized carbons (Fsp3) is 0.276. The van der Waals surface area contributed by atoms with Crippen LogP contribution in [0.25, 0.3) is 10.9 Å². The number of aliphatic hydroxyl groups excluding tert-OH is 1. The molecule has 0 radical (unpaired) electrons. The largest absolute Gasteiger partial charge is 0.481 e. The number of anilines is 1. The maximum atomic E-state index is 12.6. The third kappa shape index (κ3) is 6.80. The first-order chi connectivity index (χ1) is 18.0. The fourth-order valence-corrected chi connectivity index (χ4v) is 5.48. The third-order valence-electron chi connectivity index (χ3n) is 6.54. The number of hydrogen-bond acceptors (Lipinski definition) is 5. The van der Waals surface area contributed by atoms with Crippen molar-refractivity contribution < 1.29 is 23.4 Å². The first-order valence-corrected chi connectivity index (χ1v) is 13.9. The van der Waals surface area contributed by atoms with E-state index in [4.69, 9.17) is 0 Å². The minimum Gasteiger partial charge on any atom is -0.481 e. The summed E-state index contributed by atoms with van der Waals surface area (Å²) >= 11 is 0. The van der Waals surface area contributed by atoms with Crippen LogP contribution in [-0.4, -0.2) is 41.3 Å². The summed E-state index contributed by atoms with van der Waals surface area (Å²) in [6.07, 6.45) is 1.78. The van der Waals surface area contributed by atoms with E-state index in [9.17, 15) is 23.4 Å². The highest BCUT2D eigenvalue weighted by atomic mass is 32.2. The molecule has 200 valence electrons. The molecule has 1 atom stereocenters. The number of sulfonamides is 1. The molecule has 0 saturated carbocycles. The lowest BCUT2D eigenvalue weighted by molar-refractivity contribution is -0.136. The van der Waals surface area contributed by atoms with Gasteiger partial charge in [-0.2, -0.15) is 0 Å². The topological polar surface area (TPSA) is 121 Å². The molecule has 0 aliphatic rings. The molecule has 38 heavy (non-hydrogen) atoms. The van der Waals surface area contributed by atoms with E-state index >= 15 is 0 Å². The van der Waals surface area contributed by atoms with Gasteiger partial charge in [-0.25, -0.2) is 8.42 Å². The van der Waals surface area contributed by atoms with E-state index in [1.54, 1.807) is 42.5 Å². The Bertz CT molecular complexity index is 1510. The lowest BCUT2D eigenvalue weighted by Gasteiger charge is -2.28. The van der Waals surface area contributed by atoms with Crippen LogP contribution in [-0.2, 0) is 27.8 Å². The van der Waals surface area contributed by atoms with Crippen molar-refractivity contribution in [2.24, 2.45) is 0 Å². The second-order valence-electron chi connectivity index (χ2n) is 10.0. The molecule has 0 spiro atoms. The summed E-state index contributed by atoms with van der Waals surface area (Å²) in [6, 6.07) is 22.7. The Morgan fingerprint density at radius 2 is 1.71 bits per heavy atom. The number of nitrogens with one attached hydrogen (secondary N) is 2. The van der Waals surface area contributed by atoms with Gasteiger partial charge in [0.25, 0.3) is 10.0 Å². The van der Waals surface area contributed by atoms with Crippen LogP contribution in [0.3, 0.4) is 0 Å². The first kappa shape index (κ1) is 27.4. The van der Waals surface area contributed by atoms with Crippen LogP contribution >= 0.6 is 0 Å². The number of carboxylic acid groups (broad SMARTS) is 1. The molecule has 0 fully saturated rings. The number of benzene rings is 3. The minimum absolute atomic E-state index is 0.0259. The molecule has 1 heterocycles. The number of nitrogens with zero attached hydrogens (tertiary/aromatic N) is 1. The minimum atomic E-state index is -3.73. The predicted molar refractivity (Wildman–Crippen MR) is 149 cm³/mol. The number of hydrogen-bond donors (Lipinski definition) is 4. The Balaban J connectivity index is 1.38. The number of rotatable bonds is 12. The Labute approximate surface area is 223 Å². The molecule has 8 nitrogen and oxygen atoms in total. The Morgan fingerprint density at radius 1 is 1.00 bits per heavy atom. The number of β-amino-alcohol motifs (C(OH)–C–C–N with tert-alkyl or cyclic N) is 1. The summed E-state index contributed by atoms with van der Waals surface area (Å²) in [6.45, 7) is 5.05. The average Bonchev–Trinajstić information content (AvgIpc) is 3.23. The normalized spacial score (nSPS) is 12.9. The molecule has 1 unspecified atom stereocenters. The van der Waals surface area contributed by atoms with Gasteiger partial charge in [0.05, 0.1) is 17.4 Å². The number of aromatic nitrogens is 1. The van der Waals surface area contributed by atoms with Crippen LogP contribution in [0.1, 0.15) is 37.5 Å². The van der Waals surface area contributed by atoms with Gasteiger partial charge in [-0.1, -0.05) is 48.5 Å². The molecular weight excluding hydrogens is 502 g/mol. The van der Waals surface area contributed by atoms with E-state index in [0.717, 1.165) is 22.9 Å². The highest BCUT2D eigenvalue weighted by Gasteiger charge is 2.21. The number of aliphatic carboxylic acids is 1. The van der Waals surface area contributed by atoms with Crippen LogP contribution in [0.2, 0.25) is 0 Å². The molecule has 1 aromatic heterocycles. The summed E-state index contributed by atoms with van der Waals surface area (Å²) < 4.78 is 29.9. The quantitative estimate of drug-likeness (QED) is 0.211. The summed E-state index contributed by atoms with van der Waals surface area (Å²) in [5, 5.41) is 24.5. The number of carboxylic acids is 1. The molecule has 0 aliphatic heterocycles. The first-order valence-electron chi connectivity index (χ1n) is 12.4. The summed E-state index contributed by atoms with van der Waals surface area (Å²) in [5.74, 6) is -0.860. The Hall–Kier alpha value is -3.66. The van der Waals surface area contributed by atoms with Gasteiger partial charge in [0.15, 0.2) is 0 Å². The number of aliphatic hydroxyl groups is 1. The number of aryl methyl sites for hydroxylation is 1. The Morgan fingerprint density at radius 3 is 2.45 bits per heavy atom. The van der Waals surface area contributed by atoms with E-state index in [1.807, 2.05) is 44.3 Å². The molecule has 0 saturated heterocycles. The van der Waals surface area contributed by atoms with Crippen molar-refractivity contribution in [2.75, 3.05) is 11.3 Å². The molecular formula is C29H33N3O5S. The van der Waals surface area contributed by atoms with Crippen LogP contribution < -0.4 is 10.0 Å². The third-order valence-corrected chi connectivity index (χ3v) is 7.94. The second-order valence-corrected chi connectivity index (χ2v) is 11.7. The zero-order valence-corrected chi connectivity index (χ0v) is 22.3. The molecule has 4 aromatic rings. The summed E-state index contributed by atoms with van der Waals surface area (Å²) in [5.41, 5.74) is 2.43. The van der Waals surface area contributed by atoms with Crippen molar-refractivity contribution in [1.82, 2.24) is 9.88 Å². The van der Waals surface area contributed by atoms with Crippen LogP contribution in [0, 0.1) is 0 Å². The number of para-hydroxylation sites is 1. The summed E-state index contributed by atoms with van der Waals surface area (Å²) in [4.78, 5) is 11.4. The van der Waals surface area contributed by atoms with Gasteiger partial charge in [0.1, 0.15) is 0 Å². The van der Waals surface area contributed by atoms with E-state index in [-0.39, 0.29) is 23.4 Å². The highest BCUT2D eigenvalue weighted by Crippen LogP contribution is 2.25. The van der Waals surface area contributed by atoms with Crippen molar-refractivity contribution in [3.63, 3.8) is 0 Å². The van der Waals surface area contributed by atoms with Gasteiger partial charge in [-0.15, -0.1) is 0 Å². The molecule has 0 aliphatic carbocycles. The molecule has 4 N–H and O–H groups in total. The predicted octanol–water partition coefficient (Wildman–Crippen LogP) is 4.56. The van der Waals surface area contributed by atoms with Crippen molar-refractivity contribution >= 4 is 32.6 Å². The van der Waals surface area contributed by atoms with Gasteiger partial charge in [0.2, 0.25) is 0 Å². The van der Waals surface area contributed by atoms with E-state index < -0.39 is 22.1 Å². The molecule has 9 heteroatoms. The van der Waals surface area contributed by atoms with Crippen LogP contribution in [0.5, 0.6) is 0 Å². The molecule has 0 amide bonds. The zero-order valence-electron chi connectivity index (χ0n) is 21.5. The van der Waals surface area contributed by atoms with E-state index in [1.165, 1.54) is 12.1 Å². The lowest BCUT2D eigenvalue weighted by Crippen LogP contribution is -2.42. The van der Waals surface area contributed by atoms with Crippen molar-refractivity contribution in [3.05, 3.63) is 96.2 Å². The maximum Gasteiger partial charge on any atom is 0.307 e. The van der Waals surface area contributed by atoms with Crippen molar-refractivity contribution in [3.8, 4) is 0 Å². The van der Waals surface area contributed by atoms with Gasteiger partial charge in [-0.3, -0.25) is 9.52 Å². The molecule has 4 rings (SSSR count). The van der Waals surface area contributed by atoms with Crippen molar-refractivity contribution in [2.45, 2.75) is 49.8 Å². The standard InChI is InChI=1S/C29H33N3O5S/c1-29(2,15-16-32-20-22(18-28(34)35)25-13-6-7-14-26(25)32)30-19-27(33)21-9-8-10-23(17-21)31-38(36,37)24-11-4-3-5-12-24/h3-14,17,20,27,30-31,33H,15-16,18-19H2,1-2H3,(H,34,35). The zero-order chi connectivity index (χ0) is 27.3. The van der Waals surface area contributed by atoms with E-state index in [0.29, 0.717) is 17.8 Å². The Kier molecular flexibility index (Phi) is 8.20. The maximum absolute atomic E-state index is 12.6. The van der Waals surface area contributed by atoms with Crippen LogP contribution in [0.15, 0.2) is 90.0 Å². The lowest BCUT2D eigenvalue weighted by atomic mass is 9.99.